The number of carbonyl (C=O) groups is 1. The van der Waals surface area contributed by atoms with Crippen LogP contribution in [0.5, 0.6) is 5.75 Å². The predicted octanol–water partition coefficient (Wildman–Crippen LogP) is 2.64. The van der Waals surface area contributed by atoms with E-state index in [1.54, 1.807) is 58.2 Å². The van der Waals surface area contributed by atoms with Crippen molar-refractivity contribution in [1.82, 2.24) is 24.6 Å². The van der Waals surface area contributed by atoms with Gasteiger partial charge in [0.25, 0.3) is 0 Å². The van der Waals surface area contributed by atoms with Gasteiger partial charge in [-0.25, -0.2) is 24.4 Å². The topological polar surface area (TPSA) is 142 Å². The second-order valence-electron chi connectivity index (χ2n) is 8.88. The summed E-state index contributed by atoms with van der Waals surface area (Å²) < 4.78 is 40.4. The molecule has 1 saturated heterocycles. The summed E-state index contributed by atoms with van der Waals surface area (Å²) >= 11 is 5.67. The lowest BCUT2D eigenvalue weighted by molar-refractivity contribution is -0.144. The lowest BCUT2D eigenvalue weighted by atomic mass is 9.97. The van der Waals surface area contributed by atoms with Gasteiger partial charge < -0.3 is 28.9 Å². The number of esters is 1. The van der Waals surface area contributed by atoms with Gasteiger partial charge in [-0.2, -0.15) is 0 Å². The second kappa shape index (κ2) is 12.1. The van der Waals surface area contributed by atoms with Gasteiger partial charge in [0.05, 0.1) is 19.5 Å². The van der Waals surface area contributed by atoms with Crippen LogP contribution in [0.15, 0.2) is 36.7 Å². The molecule has 1 fully saturated rings. The number of fused-ring (bicyclic) bond motifs is 1. The van der Waals surface area contributed by atoms with Crippen LogP contribution in [0.25, 0.3) is 11.2 Å². The van der Waals surface area contributed by atoms with E-state index in [2.05, 4.69) is 25.4 Å². The van der Waals surface area contributed by atoms with Crippen molar-refractivity contribution in [3.05, 3.63) is 42.5 Å². The van der Waals surface area contributed by atoms with E-state index in [0.717, 1.165) is 0 Å². The normalized spacial score (nSPS) is 24.7. The maximum Gasteiger partial charge on any atom is 0.323 e. The van der Waals surface area contributed by atoms with Crippen LogP contribution in [-0.2, 0) is 30.6 Å². The number of halogens is 1. The van der Waals surface area contributed by atoms with E-state index in [9.17, 15) is 9.90 Å². The van der Waals surface area contributed by atoms with E-state index < -0.39 is 49.4 Å². The standard InChI is InChI=1S/C25H30FN6O6PS/c1-6-25(26)20(33)18(37-24(25)32-14-28-19-21(27-5)29-16(4)30-22(19)32)13-36-39(40,31-15(3)23(34)35-7-2)38-17-11-9-8-10-12-17/h1,8-12,14-15,18,20,24,33H,7,13H2,2-5H3,(H,31,40)(H,27,29,30)/t15-,18+,20+,24+,25+,39?/m0/s1. The minimum absolute atomic E-state index is 0.172. The number of nitrogens with zero attached hydrogens (tertiary/aromatic N) is 4. The van der Waals surface area contributed by atoms with Crippen LogP contribution in [0, 0.1) is 19.3 Å². The molecule has 0 aliphatic carbocycles. The monoisotopic (exact) mass is 592 g/mol. The molecule has 1 aromatic carbocycles. The molecule has 40 heavy (non-hydrogen) atoms. The summed E-state index contributed by atoms with van der Waals surface area (Å²) in [5.74, 6) is 2.69. The summed E-state index contributed by atoms with van der Waals surface area (Å²) in [6.45, 7) is 1.18. The first-order valence-electron chi connectivity index (χ1n) is 12.4. The first-order valence-corrected chi connectivity index (χ1v) is 15.0. The Bertz CT molecular complexity index is 1450. The van der Waals surface area contributed by atoms with Gasteiger partial charge in [0.2, 0.25) is 5.67 Å². The largest absolute Gasteiger partial charge is 0.465 e. The van der Waals surface area contributed by atoms with Gasteiger partial charge in [0.15, 0.2) is 23.2 Å². The molecule has 0 saturated carbocycles. The van der Waals surface area contributed by atoms with Crippen LogP contribution < -0.4 is 14.9 Å². The van der Waals surface area contributed by atoms with E-state index in [1.165, 1.54) is 10.9 Å². The molecule has 4 rings (SSSR count). The van der Waals surface area contributed by atoms with Crippen LogP contribution in [-0.4, -0.2) is 74.8 Å². The fraction of sp³-hybridized carbons (Fsp3) is 0.440. The van der Waals surface area contributed by atoms with Crippen LogP contribution >= 0.6 is 6.64 Å². The number of aryl methyl sites for hydroxylation is 1. The van der Waals surface area contributed by atoms with Gasteiger partial charge in [0, 0.05) is 7.05 Å². The molecule has 12 nitrogen and oxygen atoms in total. The van der Waals surface area contributed by atoms with Crippen LogP contribution in [0.1, 0.15) is 25.9 Å². The van der Waals surface area contributed by atoms with E-state index in [1.807, 2.05) is 5.92 Å². The first-order chi connectivity index (χ1) is 19.0. The smallest absolute Gasteiger partial charge is 0.323 e. The Morgan fingerprint density at radius 3 is 2.77 bits per heavy atom. The number of alkyl halides is 1. The van der Waals surface area contributed by atoms with E-state index >= 15 is 4.39 Å². The van der Waals surface area contributed by atoms with Gasteiger partial charge in [-0.15, -0.1) is 6.42 Å². The van der Waals surface area contributed by atoms with Crippen molar-refractivity contribution in [1.29, 1.82) is 0 Å². The van der Waals surface area contributed by atoms with E-state index in [-0.39, 0.29) is 12.3 Å². The summed E-state index contributed by atoms with van der Waals surface area (Å²) in [5, 5.41) is 16.8. The predicted molar refractivity (Wildman–Crippen MR) is 149 cm³/mol. The molecule has 15 heteroatoms. The fourth-order valence-electron chi connectivity index (χ4n) is 4.12. The van der Waals surface area contributed by atoms with Crippen molar-refractivity contribution in [3.8, 4) is 18.1 Å². The number of rotatable bonds is 11. The highest BCUT2D eigenvalue weighted by molar-refractivity contribution is 8.09. The Labute approximate surface area is 235 Å². The van der Waals surface area contributed by atoms with Crippen LogP contribution in [0.2, 0.25) is 0 Å². The highest BCUT2D eigenvalue weighted by atomic mass is 32.5. The zero-order valence-electron chi connectivity index (χ0n) is 22.3. The van der Waals surface area contributed by atoms with E-state index in [4.69, 9.17) is 36.8 Å². The van der Waals surface area contributed by atoms with E-state index in [0.29, 0.717) is 22.9 Å². The average molecular weight is 593 g/mol. The number of nitrogens with one attached hydrogen (secondary N) is 2. The minimum Gasteiger partial charge on any atom is -0.465 e. The van der Waals surface area contributed by atoms with Gasteiger partial charge in [-0.1, -0.05) is 24.1 Å². The molecular weight excluding hydrogens is 562 g/mol. The molecule has 0 radical (unpaired) electrons. The molecule has 6 atom stereocenters. The van der Waals surface area contributed by atoms with Gasteiger partial charge in [0.1, 0.15) is 29.8 Å². The molecule has 1 unspecified atom stereocenters. The molecule has 1 aliphatic heterocycles. The van der Waals surface area contributed by atoms with Crippen LogP contribution in [0.3, 0.4) is 0 Å². The number of benzene rings is 1. The number of hydrogen-bond donors (Lipinski definition) is 3. The zero-order valence-corrected chi connectivity index (χ0v) is 24.0. The third kappa shape index (κ3) is 5.95. The van der Waals surface area contributed by atoms with Crippen molar-refractivity contribution < 1.29 is 32.8 Å². The van der Waals surface area contributed by atoms with Gasteiger partial charge in [-0.05, 0) is 44.7 Å². The Morgan fingerprint density at radius 1 is 1.40 bits per heavy atom. The number of aliphatic hydroxyl groups is 1. The summed E-state index contributed by atoms with van der Waals surface area (Å²) in [7, 11) is 1.67. The summed E-state index contributed by atoms with van der Waals surface area (Å²) in [5.41, 5.74) is -2.04. The second-order valence-corrected chi connectivity index (χ2v) is 12.0. The number of anilines is 1. The number of hydrogen-bond acceptors (Lipinski definition) is 11. The molecule has 0 bridgehead atoms. The van der Waals surface area contributed by atoms with Crippen molar-refractivity contribution in [2.24, 2.45) is 0 Å². The number of ether oxygens (including phenoxy) is 2. The van der Waals surface area contributed by atoms with Crippen LogP contribution in [0.4, 0.5) is 10.2 Å². The lowest BCUT2D eigenvalue weighted by Gasteiger charge is -2.27. The summed E-state index contributed by atoms with van der Waals surface area (Å²) in [6.07, 6.45) is 2.32. The minimum atomic E-state index is -3.47. The lowest BCUT2D eigenvalue weighted by Crippen LogP contribution is -2.42. The molecule has 214 valence electrons. The van der Waals surface area contributed by atoms with Crippen molar-refractivity contribution in [2.45, 2.75) is 50.9 Å². The average Bonchev–Trinajstić information content (AvgIpc) is 3.46. The molecule has 0 amide bonds. The SMILES string of the molecule is C#C[C@@]1(F)[C@H](O)[C@@H](COP(=S)(N[C@@H](C)C(=O)OCC)Oc2ccccc2)O[C@H]1n1cnc2c(NC)nc(C)nc21. The van der Waals surface area contributed by atoms with Gasteiger partial charge in [-0.3, -0.25) is 9.36 Å². The molecule has 3 aromatic rings. The first kappa shape index (κ1) is 29.8. The molecule has 1 aliphatic rings. The van der Waals surface area contributed by atoms with Gasteiger partial charge >= 0.3 is 12.6 Å². The molecule has 0 spiro atoms. The van der Waals surface area contributed by atoms with Crippen molar-refractivity contribution >= 4 is 41.4 Å². The third-order valence-corrected chi connectivity index (χ3v) is 8.56. The Morgan fingerprint density at radius 2 is 2.12 bits per heavy atom. The Hall–Kier alpha value is -3.18. The molecular formula is C25H30FN6O6PS. The summed E-state index contributed by atoms with van der Waals surface area (Å²) in [4.78, 5) is 25.2. The number of terminal acetylenes is 1. The molecule has 3 N–H and O–H groups in total. The highest BCUT2D eigenvalue weighted by Gasteiger charge is 2.58. The Kier molecular flexibility index (Phi) is 9.04. The number of imidazole rings is 1. The quantitative estimate of drug-likeness (QED) is 0.171. The number of aromatic nitrogens is 4. The number of carbonyl (C=O) groups excluding carboxylic acids is 1. The maximum atomic E-state index is 16.2. The highest BCUT2D eigenvalue weighted by Crippen LogP contribution is 2.48. The number of para-hydroxylation sites is 1. The fourth-order valence-corrected chi connectivity index (χ4v) is 6.54. The zero-order chi connectivity index (χ0) is 29.1. The number of aliphatic hydroxyl groups excluding tert-OH is 1. The third-order valence-electron chi connectivity index (χ3n) is 6.06. The maximum absolute atomic E-state index is 16.2. The molecule has 2 aromatic heterocycles. The molecule has 3 heterocycles. The van der Waals surface area contributed by atoms with Crippen molar-refractivity contribution in [2.75, 3.05) is 25.6 Å². The summed E-state index contributed by atoms with van der Waals surface area (Å²) in [6, 6.07) is 7.71. The van der Waals surface area contributed by atoms with Crippen molar-refractivity contribution in [3.63, 3.8) is 0 Å². The Balaban J connectivity index is 1.60.